The lowest BCUT2D eigenvalue weighted by Crippen LogP contribution is -2.46. The summed E-state index contributed by atoms with van der Waals surface area (Å²) >= 11 is 0. The molecule has 4 heteroatoms. The summed E-state index contributed by atoms with van der Waals surface area (Å²) in [5, 5.41) is 6.95. The molecular weight excluding hydrogens is 387 g/mol. The minimum atomic E-state index is -0.233. The minimum absolute atomic E-state index is 0.00276. The van der Waals surface area contributed by atoms with Gasteiger partial charge in [0, 0.05) is 18.5 Å². The van der Waals surface area contributed by atoms with Crippen molar-refractivity contribution >= 4 is 5.91 Å². The van der Waals surface area contributed by atoms with Gasteiger partial charge in [-0.25, -0.2) is 4.39 Å². The number of hydrogen-bond donors (Lipinski definition) is 2. The normalized spacial score (nSPS) is 16.8. The van der Waals surface area contributed by atoms with Gasteiger partial charge in [-0.15, -0.1) is 0 Å². The Morgan fingerprint density at radius 2 is 1.81 bits per heavy atom. The summed E-state index contributed by atoms with van der Waals surface area (Å²) in [4.78, 5) is 11.8. The molecule has 31 heavy (non-hydrogen) atoms. The highest BCUT2D eigenvalue weighted by molar-refractivity contribution is 5.73. The largest absolute Gasteiger partial charge is 0.353 e. The average Bonchev–Trinajstić information content (AvgIpc) is 2.74. The van der Waals surface area contributed by atoms with E-state index in [2.05, 4.69) is 48.7 Å². The second-order valence-electron chi connectivity index (χ2n) is 9.37. The van der Waals surface area contributed by atoms with Gasteiger partial charge in [0.25, 0.3) is 0 Å². The zero-order valence-corrected chi connectivity index (χ0v) is 19.2. The third kappa shape index (κ3) is 6.64. The molecule has 1 aliphatic carbocycles. The van der Waals surface area contributed by atoms with Crippen molar-refractivity contribution < 1.29 is 9.18 Å². The highest BCUT2D eigenvalue weighted by Gasteiger charge is 2.33. The summed E-state index contributed by atoms with van der Waals surface area (Å²) in [6.45, 7) is 6.84. The first-order valence-electron chi connectivity index (χ1n) is 11.7. The maximum absolute atomic E-state index is 13.6. The Morgan fingerprint density at radius 3 is 2.48 bits per heavy atom. The molecule has 1 fully saturated rings. The van der Waals surface area contributed by atoms with E-state index in [4.69, 9.17) is 0 Å². The number of benzene rings is 2. The Balaban J connectivity index is 1.71. The first-order chi connectivity index (χ1) is 14.9. The molecule has 0 spiro atoms. The molecule has 0 unspecified atom stereocenters. The number of halogens is 1. The van der Waals surface area contributed by atoms with Gasteiger partial charge < -0.3 is 10.6 Å². The predicted octanol–water partition coefficient (Wildman–Crippen LogP) is 5.84. The molecule has 1 atom stereocenters. The van der Waals surface area contributed by atoms with Gasteiger partial charge in [0.05, 0.1) is 0 Å². The summed E-state index contributed by atoms with van der Waals surface area (Å²) < 4.78 is 13.6. The molecule has 2 aromatic rings. The summed E-state index contributed by atoms with van der Waals surface area (Å²) in [5.74, 6) is 0.234. The first kappa shape index (κ1) is 23.5. The molecule has 0 aliphatic heterocycles. The van der Waals surface area contributed by atoms with E-state index < -0.39 is 0 Å². The van der Waals surface area contributed by atoms with Crippen molar-refractivity contribution in [2.75, 3.05) is 6.54 Å². The van der Waals surface area contributed by atoms with Gasteiger partial charge in [0.2, 0.25) is 5.91 Å². The molecule has 2 aromatic carbocycles. The fraction of sp³-hybridized carbons (Fsp3) is 0.519. The summed E-state index contributed by atoms with van der Waals surface area (Å²) in [7, 11) is 0. The van der Waals surface area contributed by atoms with Crippen LogP contribution in [-0.4, -0.2) is 18.5 Å². The van der Waals surface area contributed by atoms with Crippen LogP contribution in [0.15, 0.2) is 48.5 Å². The topological polar surface area (TPSA) is 41.1 Å². The van der Waals surface area contributed by atoms with E-state index in [0.29, 0.717) is 12.3 Å². The molecule has 168 valence electrons. The number of carbonyl (C=O) groups is 1. The molecule has 2 N–H and O–H groups in total. The summed E-state index contributed by atoms with van der Waals surface area (Å²) in [6, 6.07) is 15.7. The molecule has 1 amide bonds. The van der Waals surface area contributed by atoms with Crippen molar-refractivity contribution in [1.29, 1.82) is 0 Å². The van der Waals surface area contributed by atoms with Crippen molar-refractivity contribution in [2.45, 2.75) is 83.2 Å². The van der Waals surface area contributed by atoms with Gasteiger partial charge in [0.1, 0.15) is 5.82 Å². The van der Waals surface area contributed by atoms with Crippen molar-refractivity contribution in [1.82, 2.24) is 10.6 Å². The Labute approximate surface area is 186 Å². The molecule has 1 saturated carbocycles. The van der Waals surface area contributed by atoms with E-state index in [-0.39, 0.29) is 23.3 Å². The van der Waals surface area contributed by atoms with Crippen LogP contribution in [-0.2, 0) is 16.8 Å². The molecule has 0 radical (unpaired) electrons. The zero-order valence-electron chi connectivity index (χ0n) is 19.2. The summed E-state index contributed by atoms with van der Waals surface area (Å²) in [5.41, 5.74) is 3.69. The molecule has 3 rings (SSSR count). The third-order valence-electron chi connectivity index (χ3n) is 6.55. The van der Waals surface area contributed by atoms with E-state index in [1.807, 2.05) is 6.07 Å². The van der Waals surface area contributed by atoms with Gasteiger partial charge in [-0.2, -0.15) is 0 Å². The van der Waals surface area contributed by atoms with Crippen molar-refractivity contribution in [3.05, 3.63) is 71.0 Å². The zero-order chi connectivity index (χ0) is 22.3. The Hall–Kier alpha value is -2.20. The fourth-order valence-electron chi connectivity index (χ4n) is 4.87. The number of carbonyl (C=O) groups excluding carboxylic acids is 1. The van der Waals surface area contributed by atoms with Crippen LogP contribution in [0.4, 0.5) is 4.39 Å². The third-order valence-corrected chi connectivity index (χ3v) is 6.55. The van der Waals surface area contributed by atoms with Crippen LogP contribution < -0.4 is 10.6 Å². The van der Waals surface area contributed by atoms with E-state index in [9.17, 15) is 9.18 Å². The second kappa shape index (κ2) is 10.9. The molecule has 3 nitrogen and oxygen atoms in total. The van der Waals surface area contributed by atoms with E-state index >= 15 is 0 Å². The molecule has 0 heterocycles. The van der Waals surface area contributed by atoms with Crippen LogP contribution in [0, 0.1) is 5.82 Å². The minimum Gasteiger partial charge on any atom is -0.353 e. The van der Waals surface area contributed by atoms with Crippen LogP contribution in [0.5, 0.6) is 0 Å². The average molecular weight is 425 g/mol. The summed E-state index contributed by atoms with van der Waals surface area (Å²) in [6.07, 6.45) is 7.49. The number of nitrogens with one attached hydrogen (secondary N) is 2. The second-order valence-corrected chi connectivity index (χ2v) is 9.37. The van der Waals surface area contributed by atoms with E-state index in [1.165, 1.54) is 36.5 Å². The number of hydrogen-bond acceptors (Lipinski definition) is 2. The standard InChI is InChI=1S/C27H37FN2O/c1-20(2)23-10-8-11-24(19-23)27(14-5-4-6-15-27)29-16-13-26(30-21(3)31)18-22-9-7-12-25(28)17-22/h7-12,17,19-20,26,29H,4-6,13-16,18H2,1-3H3,(H,30,31)/t26-/m1/s1. The van der Waals surface area contributed by atoms with Gasteiger partial charge >= 0.3 is 0 Å². The molecular formula is C27H37FN2O. The SMILES string of the molecule is CC(=O)N[C@H](CCNC1(c2cccc(C(C)C)c2)CCCCC1)Cc1cccc(F)c1. The quantitative estimate of drug-likeness (QED) is 0.531. The van der Waals surface area contributed by atoms with E-state index in [0.717, 1.165) is 31.4 Å². The monoisotopic (exact) mass is 424 g/mol. The Kier molecular flexibility index (Phi) is 8.25. The lowest BCUT2D eigenvalue weighted by molar-refractivity contribution is -0.119. The predicted molar refractivity (Wildman–Crippen MR) is 126 cm³/mol. The van der Waals surface area contributed by atoms with Crippen LogP contribution in [0.25, 0.3) is 0 Å². The fourth-order valence-corrected chi connectivity index (χ4v) is 4.87. The highest BCUT2D eigenvalue weighted by atomic mass is 19.1. The maximum atomic E-state index is 13.6. The van der Waals surface area contributed by atoms with Crippen LogP contribution >= 0.6 is 0 Å². The lowest BCUT2D eigenvalue weighted by Gasteiger charge is -2.40. The van der Waals surface area contributed by atoms with Crippen LogP contribution in [0.1, 0.15) is 81.9 Å². The Bertz CT molecular complexity index is 858. The lowest BCUT2D eigenvalue weighted by atomic mass is 9.75. The first-order valence-corrected chi connectivity index (χ1v) is 11.7. The van der Waals surface area contributed by atoms with Crippen LogP contribution in [0.2, 0.25) is 0 Å². The molecule has 0 bridgehead atoms. The maximum Gasteiger partial charge on any atom is 0.217 e. The highest BCUT2D eigenvalue weighted by Crippen LogP contribution is 2.38. The number of rotatable bonds is 9. The smallest absolute Gasteiger partial charge is 0.217 e. The molecule has 1 aliphatic rings. The van der Waals surface area contributed by atoms with Gasteiger partial charge in [-0.05, 0) is 67.0 Å². The van der Waals surface area contributed by atoms with Gasteiger partial charge in [-0.1, -0.05) is 69.5 Å². The van der Waals surface area contributed by atoms with Gasteiger partial charge in [-0.3, -0.25) is 4.79 Å². The van der Waals surface area contributed by atoms with Crippen molar-refractivity contribution in [2.24, 2.45) is 0 Å². The van der Waals surface area contributed by atoms with E-state index in [1.54, 1.807) is 19.1 Å². The van der Waals surface area contributed by atoms with Crippen LogP contribution in [0.3, 0.4) is 0 Å². The van der Waals surface area contributed by atoms with Crippen molar-refractivity contribution in [3.8, 4) is 0 Å². The number of amides is 1. The Morgan fingerprint density at radius 1 is 1.06 bits per heavy atom. The molecule has 0 saturated heterocycles. The molecule has 0 aromatic heterocycles. The van der Waals surface area contributed by atoms with Gasteiger partial charge in [0.15, 0.2) is 0 Å². The van der Waals surface area contributed by atoms with Crippen molar-refractivity contribution in [3.63, 3.8) is 0 Å².